The number of hydrogen-bond acceptors (Lipinski definition) is 5. The van der Waals surface area contributed by atoms with Crippen LogP contribution < -0.4 is 10.2 Å². The molecule has 9 heteroatoms. The molecule has 0 unspecified atom stereocenters. The third-order valence-electron chi connectivity index (χ3n) is 4.17. The summed E-state index contributed by atoms with van der Waals surface area (Å²) >= 11 is 5.02. The summed E-state index contributed by atoms with van der Waals surface area (Å²) in [6.45, 7) is 6.59. The maximum Gasteiger partial charge on any atom is 0.205 e. The molecule has 0 saturated carbocycles. The number of aromatic nitrogens is 2. The Kier molecular flexibility index (Phi) is 8.55. The zero-order valence-electron chi connectivity index (χ0n) is 15.0. The van der Waals surface area contributed by atoms with Gasteiger partial charge < -0.3 is 15.1 Å². The molecule has 0 radical (unpaired) electrons. The highest BCUT2D eigenvalue weighted by Gasteiger charge is 2.21. The van der Waals surface area contributed by atoms with Gasteiger partial charge in [0.1, 0.15) is 5.82 Å². The minimum Gasteiger partial charge on any atom is -0.352 e. The van der Waals surface area contributed by atoms with E-state index in [1.165, 1.54) is 17.1 Å². The van der Waals surface area contributed by atoms with Crippen LogP contribution in [0.25, 0.3) is 0 Å². The van der Waals surface area contributed by atoms with Gasteiger partial charge in [-0.2, -0.15) is 4.37 Å². The minimum absolute atomic E-state index is 0. The molecule has 1 aliphatic heterocycles. The second-order valence-electron chi connectivity index (χ2n) is 5.85. The number of hydrogen-bond donors (Lipinski definition) is 1. The van der Waals surface area contributed by atoms with Crippen molar-refractivity contribution in [1.29, 1.82) is 0 Å². The fraction of sp³-hybridized carbons (Fsp3) is 0.471. The van der Waals surface area contributed by atoms with Crippen molar-refractivity contribution in [2.75, 3.05) is 38.1 Å². The SMILES string of the molecule is CCc1nsc(N2CCN(C(=NC)NCc3cccc(Br)c3)CC2)n1.I. The zero-order valence-corrected chi connectivity index (χ0v) is 19.7. The molecule has 2 heterocycles. The van der Waals surface area contributed by atoms with Crippen LogP contribution in [0.2, 0.25) is 0 Å². The fourth-order valence-electron chi connectivity index (χ4n) is 2.79. The summed E-state index contributed by atoms with van der Waals surface area (Å²) in [7, 11) is 1.84. The third kappa shape index (κ3) is 5.53. The van der Waals surface area contributed by atoms with E-state index in [4.69, 9.17) is 0 Å². The van der Waals surface area contributed by atoms with Crippen LogP contribution in [0.4, 0.5) is 5.13 Å². The normalized spacial score (nSPS) is 15.0. The molecule has 6 nitrogen and oxygen atoms in total. The molecule has 2 aromatic rings. The van der Waals surface area contributed by atoms with Gasteiger partial charge in [-0.3, -0.25) is 4.99 Å². The molecule has 0 spiro atoms. The third-order valence-corrected chi connectivity index (χ3v) is 5.48. The number of halogens is 2. The summed E-state index contributed by atoms with van der Waals surface area (Å²) in [6.07, 6.45) is 0.891. The summed E-state index contributed by atoms with van der Waals surface area (Å²) < 4.78 is 5.48. The number of nitrogens with zero attached hydrogens (tertiary/aromatic N) is 5. The number of rotatable bonds is 4. The van der Waals surface area contributed by atoms with E-state index < -0.39 is 0 Å². The standard InChI is InChI=1S/C17H23BrN6S.HI/c1-3-15-21-17(25-22-15)24-9-7-23(8-10-24)16(19-2)20-12-13-5-4-6-14(18)11-13;/h4-6,11H,3,7-10,12H2,1-2H3,(H,19,20);1H. The number of anilines is 1. The number of piperazine rings is 1. The van der Waals surface area contributed by atoms with Crippen LogP contribution in [0.1, 0.15) is 18.3 Å². The first-order valence-corrected chi connectivity index (χ1v) is 10.0. The second kappa shape index (κ2) is 10.4. The lowest BCUT2D eigenvalue weighted by Gasteiger charge is -2.36. The minimum atomic E-state index is 0. The number of benzene rings is 1. The highest BCUT2D eigenvalue weighted by Crippen LogP contribution is 2.19. The molecule has 1 saturated heterocycles. The molecular formula is C17H24BrIN6S. The Hall–Kier alpha value is -0.940. The number of aliphatic imine (C=N–C) groups is 1. The van der Waals surface area contributed by atoms with Gasteiger partial charge >= 0.3 is 0 Å². The molecule has 1 aromatic heterocycles. The maximum atomic E-state index is 4.59. The average Bonchev–Trinajstić information content (AvgIpc) is 3.12. The van der Waals surface area contributed by atoms with Gasteiger partial charge in [-0.05, 0) is 17.7 Å². The first-order chi connectivity index (χ1) is 12.2. The lowest BCUT2D eigenvalue weighted by molar-refractivity contribution is 0.372. The molecule has 0 bridgehead atoms. The van der Waals surface area contributed by atoms with Crippen molar-refractivity contribution in [3.63, 3.8) is 0 Å². The summed E-state index contributed by atoms with van der Waals surface area (Å²) in [5, 5.41) is 4.50. The van der Waals surface area contributed by atoms with E-state index >= 15 is 0 Å². The van der Waals surface area contributed by atoms with Crippen LogP contribution in [0, 0.1) is 0 Å². The monoisotopic (exact) mass is 550 g/mol. The van der Waals surface area contributed by atoms with E-state index in [1.54, 1.807) is 0 Å². The molecule has 1 N–H and O–H groups in total. The highest BCUT2D eigenvalue weighted by molar-refractivity contribution is 14.0. The Balaban J connectivity index is 0.00000243. The van der Waals surface area contributed by atoms with Crippen LogP contribution >= 0.6 is 51.4 Å². The fourth-order valence-corrected chi connectivity index (χ4v) is 4.03. The summed E-state index contributed by atoms with van der Waals surface area (Å²) in [5.41, 5.74) is 1.23. The Morgan fingerprint density at radius 1 is 1.31 bits per heavy atom. The van der Waals surface area contributed by atoms with Gasteiger partial charge in [-0.25, -0.2) is 4.98 Å². The highest BCUT2D eigenvalue weighted by atomic mass is 127. The molecule has 1 aromatic carbocycles. The first kappa shape index (κ1) is 21.4. The van der Waals surface area contributed by atoms with Crippen LogP contribution in [-0.4, -0.2) is 53.4 Å². The van der Waals surface area contributed by atoms with E-state index in [1.807, 2.05) is 13.1 Å². The Morgan fingerprint density at radius 3 is 2.69 bits per heavy atom. The van der Waals surface area contributed by atoms with Crippen molar-refractivity contribution in [2.24, 2.45) is 4.99 Å². The van der Waals surface area contributed by atoms with Crippen LogP contribution in [0.15, 0.2) is 33.7 Å². The molecule has 1 aliphatic rings. The lowest BCUT2D eigenvalue weighted by atomic mass is 10.2. The van der Waals surface area contributed by atoms with E-state index in [-0.39, 0.29) is 24.0 Å². The molecule has 26 heavy (non-hydrogen) atoms. The predicted molar refractivity (Wildman–Crippen MR) is 123 cm³/mol. The predicted octanol–water partition coefficient (Wildman–Crippen LogP) is 3.38. The van der Waals surface area contributed by atoms with Crippen molar-refractivity contribution in [2.45, 2.75) is 19.9 Å². The van der Waals surface area contributed by atoms with Crippen LogP contribution in [0.3, 0.4) is 0 Å². The lowest BCUT2D eigenvalue weighted by Crippen LogP contribution is -2.52. The van der Waals surface area contributed by atoms with Crippen molar-refractivity contribution in [1.82, 2.24) is 19.6 Å². The van der Waals surface area contributed by atoms with Gasteiger partial charge in [-0.15, -0.1) is 24.0 Å². The van der Waals surface area contributed by atoms with Crippen LogP contribution in [-0.2, 0) is 13.0 Å². The molecule has 3 rings (SSSR count). The Labute approximate surface area is 184 Å². The molecule has 0 amide bonds. The summed E-state index contributed by atoms with van der Waals surface area (Å²) in [5.74, 6) is 1.89. The summed E-state index contributed by atoms with van der Waals surface area (Å²) in [4.78, 5) is 13.6. The van der Waals surface area contributed by atoms with E-state index in [0.29, 0.717) is 0 Å². The topological polar surface area (TPSA) is 56.7 Å². The second-order valence-corrected chi connectivity index (χ2v) is 7.50. The van der Waals surface area contributed by atoms with Crippen molar-refractivity contribution < 1.29 is 0 Å². The molecule has 142 valence electrons. The van der Waals surface area contributed by atoms with Gasteiger partial charge in [0, 0.05) is 62.2 Å². The van der Waals surface area contributed by atoms with E-state index in [0.717, 1.165) is 60.5 Å². The van der Waals surface area contributed by atoms with Crippen molar-refractivity contribution in [3.8, 4) is 0 Å². The van der Waals surface area contributed by atoms with Gasteiger partial charge in [0.05, 0.1) is 0 Å². The van der Waals surface area contributed by atoms with E-state index in [2.05, 4.69) is 70.5 Å². The molecular weight excluding hydrogens is 527 g/mol. The molecule has 0 aliphatic carbocycles. The van der Waals surface area contributed by atoms with Gasteiger partial charge in [0.25, 0.3) is 0 Å². The summed E-state index contributed by atoms with van der Waals surface area (Å²) in [6, 6.07) is 8.33. The van der Waals surface area contributed by atoms with Crippen molar-refractivity contribution >= 4 is 62.5 Å². The zero-order chi connectivity index (χ0) is 17.6. The van der Waals surface area contributed by atoms with Gasteiger partial charge in [0.2, 0.25) is 5.13 Å². The molecule has 0 atom stereocenters. The first-order valence-electron chi connectivity index (χ1n) is 8.47. The van der Waals surface area contributed by atoms with Gasteiger partial charge in [0.15, 0.2) is 5.96 Å². The van der Waals surface area contributed by atoms with E-state index in [9.17, 15) is 0 Å². The average molecular weight is 551 g/mol. The van der Waals surface area contributed by atoms with Crippen LogP contribution in [0.5, 0.6) is 0 Å². The smallest absolute Gasteiger partial charge is 0.205 e. The van der Waals surface area contributed by atoms with Crippen molar-refractivity contribution in [3.05, 3.63) is 40.1 Å². The maximum absolute atomic E-state index is 4.59. The number of nitrogens with one attached hydrogen (secondary N) is 1. The Bertz CT molecular complexity index is 730. The largest absolute Gasteiger partial charge is 0.352 e. The Morgan fingerprint density at radius 2 is 2.08 bits per heavy atom. The number of aryl methyl sites for hydroxylation is 1. The molecule has 1 fully saturated rings. The van der Waals surface area contributed by atoms with Gasteiger partial charge in [-0.1, -0.05) is 35.0 Å². The number of guanidine groups is 1. The quantitative estimate of drug-likeness (QED) is 0.359.